The third-order valence-corrected chi connectivity index (χ3v) is 5.15. The Balaban J connectivity index is 1.71. The molecule has 0 spiro atoms. The number of methoxy groups -OCH3 is 1. The van der Waals surface area contributed by atoms with Gasteiger partial charge in [0.15, 0.2) is 11.5 Å². The molecule has 0 unspecified atom stereocenters. The lowest BCUT2D eigenvalue weighted by atomic mass is 10.0. The molecule has 1 aliphatic carbocycles. The molecule has 1 aliphatic rings. The Morgan fingerprint density at radius 1 is 1.09 bits per heavy atom. The molecule has 0 atom stereocenters. The molecule has 0 saturated heterocycles. The molecule has 32 heavy (non-hydrogen) atoms. The van der Waals surface area contributed by atoms with Crippen LogP contribution in [0.3, 0.4) is 0 Å². The molecule has 1 aromatic carbocycles. The van der Waals surface area contributed by atoms with Crippen molar-refractivity contribution in [3.63, 3.8) is 0 Å². The van der Waals surface area contributed by atoms with Crippen molar-refractivity contribution >= 4 is 29.0 Å². The molecule has 2 heterocycles. The predicted octanol–water partition coefficient (Wildman–Crippen LogP) is 3.31. The van der Waals surface area contributed by atoms with Gasteiger partial charge in [0.05, 0.1) is 18.5 Å². The maximum Gasteiger partial charge on any atom is 0.273 e. The van der Waals surface area contributed by atoms with Crippen molar-refractivity contribution in [1.82, 2.24) is 20.5 Å². The van der Waals surface area contributed by atoms with E-state index in [1.807, 2.05) is 37.3 Å². The number of amides is 2. The Morgan fingerprint density at radius 3 is 2.56 bits per heavy atom. The number of rotatable bonds is 7. The van der Waals surface area contributed by atoms with Gasteiger partial charge in [0.1, 0.15) is 5.75 Å². The summed E-state index contributed by atoms with van der Waals surface area (Å²) in [4.78, 5) is 28.9. The SMILES string of the molecule is CNC(=O)c1nnc(NC(=O)C2CC2)cc1Nc1cccc(-c2ccc(C)nc2)c1OC. The molecule has 1 fully saturated rings. The van der Waals surface area contributed by atoms with Gasteiger partial charge in [-0.1, -0.05) is 18.2 Å². The van der Waals surface area contributed by atoms with Gasteiger partial charge < -0.3 is 20.7 Å². The fourth-order valence-electron chi connectivity index (χ4n) is 3.26. The number of hydrogen-bond donors (Lipinski definition) is 3. The van der Waals surface area contributed by atoms with Gasteiger partial charge in [-0.2, -0.15) is 0 Å². The molecule has 9 heteroatoms. The Morgan fingerprint density at radius 2 is 1.91 bits per heavy atom. The molecule has 0 radical (unpaired) electrons. The van der Waals surface area contributed by atoms with Crippen molar-refractivity contribution in [2.45, 2.75) is 19.8 Å². The van der Waals surface area contributed by atoms with Crippen LogP contribution >= 0.6 is 0 Å². The average Bonchev–Trinajstić information content (AvgIpc) is 3.65. The van der Waals surface area contributed by atoms with E-state index < -0.39 is 5.91 Å². The first kappa shape index (κ1) is 21.2. The smallest absolute Gasteiger partial charge is 0.273 e. The summed E-state index contributed by atoms with van der Waals surface area (Å²) in [6.07, 6.45) is 3.53. The third kappa shape index (κ3) is 4.51. The Kier molecular flexibility index (Phi) is 5.98. The van der Waals surface area contributed by atoms with Gasteiger partial charge in [-0.3, -0.25) is 14.6 Å². The Hall–Kier alpha value is -4.01. The van der Waals surface area contributed by atoms with Crippen LogP contribution < -0.4 is 20.7 Å². The molecule has 2 amide bonds. The van der Waals surface area contributed by atoms with E-state index in [0.29, 0.717) is 17.1 Å². The first-order valence-electron chi connectivity index (χ1n) is 10.3. The summed E-state index contributed by atoms with van der Waals surface area (Å²) in [5.74, 6) is 0.380. The van der Waals surface area contributed by atoms with Crippen molar-refractivity contribution in [2.24, 2.45) is 5.92 Å². The lowest BCUT2D eigenvalue weighted by Crippen LogP contribution is -2.22. The highest BCUT2D eigenvalue weighted by Gasteiger charge is 2.30. The zero-order valence-corrected chi connectivity index (χ0v) is 18.1. The highest BCUT2D eigenvalue weighted by atomic mass is 16.5. The highest BCUT2D eigenvalue weighted by Crippen LogP contribution is 2.38. The van der Waals surface area contributed by atoms with Gasteiger partial charge >= 0.3 is 0 Å². The number of benzene rings is 1. The van der Waals surface area contributed by atoms with Crippen LogP contribution in [0.25, 0.3) is 11.1 Å². The van der Waals surface area contributed by atoms with Gasteiger partial charge in [-0.15, -0.1) is 10.2 Å². The van der Waals surface area contributed by atoms with Crippen LogP contribution in [0.5, 0.6) is 5.75 Å². The molecule has 1 saturated carbocycles. The fraction of sp³-hybridized carbons (Fsp3) is 0.261. The number of para-hydroxylation sites is 1. The Bertz CT molecular complexity index is 1160. The van der Waals surface area contributed by atoms with Gasteiger partial charge in [0.2, 0.25) is 5.91 Å². The first-order chi connectivity index (χ1) is 15.5. The van der Waals surface area contributed by atoms with E-state index in [1.165, 1.54) is 7.05 Å². The number of nitrogens with one attached hydrogen (secondary N) is 3. The third-order valence-electron chi connectivity index (χ3n) is 5.15. The molecule has 0 bridgehead atoms. The zero-order valence-electron chi connectivity index (χ0n) is 18.1. The summed E-state index contributed by atoms with van der Waals surface area (Å²) in [6.45, 7) is 1.93. The van der Waals surface area contributed by atoms with Gasteiger partial charge in [0, 0.05) is 42.0 Å². The standard InChI is InChI=1S/C23H24N6O3/c1-13-7-8-15(12-25-13)16-5-4-6-17(21(16)32-3)26-18-11-19(27-22(30)14-9-10-14)28-29-20(18)23(31)24-2/h4-8,11-12,14H,9-10H2,1-3H3,(H,24,31)(H2,26,27,28,30). The normalized spacial score (nSPS) is 12.7. The number of aryl methyl sites for hydroxylation is 1. The maximum atomic E-state index is 12.4. The van der Waals surface area contributed by atoms with E-state index >= 15 is 0 Å². The molecule has 164 valence electrons. The molecule has 3 aromatic rings. The minimum atomic E-state index is -0.405. The minimum absolute atomic E-state index is 0.0201. The van der Waals surface area contributed by atoms with E-state index in [9.17, 15) is 9.59 Å². The number of ether oxygens (including phenoxy) is 1. The average molecular weight is 432 g/mol. The summed E-state index contributed by atoms with van der Waals surface area (Å²) >= 11 is 0. The van der Waals surface area contributed by atoms with Crippen LogP contribution in [0, 0.1) is 12.8 Å². The number of carbonyl (C=O) groups is 2. The summed E-state index contributed by atoms with van der Waals surface area (Å²) in [6, 6.07) is 11.1. The number of aromatic nitrogens is 3. The topological polar surface area (TPSA) is 118 Å². The molecule has 9 nitrogen and oxygen atoms in total. The number of hydrogen-bond acceptors (Lipinski definition) is 7. The van der Waals surface area contributed by atoms with Crippen molar-refractivity contribution < 1.29 is 14.3 Å². The second kappa shape index (κ2) is 9.01. The summed E-state index contributed by atoms with van der Waals surface area (Å²) < 4.78 is 5.70. The number of carbonyl (C=O) groups excluding carboxylic acids is 2. The largest absolute Gasteiger partial charge is 0.494 e. The van der Waals surface area contributed by atoms with E-state index in [2.05, 4.69) is 31.1 Å². The van der Waals surface area contributed by atoms with Gasteiger partial charge in [-0.25, -0.2) is 0 Å². The van der Waals surface area contributed by atoms with Crippen LogP contribution in [-0.2, 0) is 4.79 Å². The lowest BCUT2D eigenvalue weighted by molar-refractivity contribution is -0.117. The van der Waals surface area contributed by atoms with Crippen molar-refractivity contribution in [3.8, 4) is 16.9 Å². The van der Waals surface area contributed by atoms with Crippen LogP contribution in [0.1, 0.15) is 29.0 Å². The summed E-state index contributed by atoms with van der Waals surface area (Å²) in [7, 11) is 3.10. The van der Waals surface area contributed by atoms with Crippen LogP contribution in [-0.4, -0.2) is 41.2 Å². The van der Waals surface area contributed by atoms with E-state index in [1.54, 1.807) is 19.4 Å². The molecule has 3 N–H and O–H groups in total. The van der Waals surface area contributed by atoms with Crippen LogP contribution in [0.2, 0.25) is 0 Å². The maximum absolute atomic E-state index is 12.4. The predicted molar refractivity (Wildman–Crippen MR) is 121 cm³/mol. The molecular formula is C23H24N6O3. The van der Waals surface area contributed by atoms with Crippen LogP contribution in [0.15, 0.2) is 42.6 Å². The van der Waals surface area contributed by atoms with Crippen LogP contribution in [0.4, 0.5) is 17.2 Å². The molecule has 4 rings (SSSR count). The summed E-state index contributed by atoms with van der Waals surface area (Å²) in [5.41, 5.74) is 3.77. The van der Waals surface area contributed by atoms with Crippen molar-refractivity contribution in [3.05, 3.63) is 54.0 Å². The zero-order chi connectivity index (χ0) is 22.7. The highest BCUT2D eigenvalue weighted by molar-refractivity contribution is 6.00. The fourth-order valence-corrected chi connectivity index (χ4v) is 3.26. The molecular weight excluding hydrogens is 408 g/mol. The molecule has 2 aromatic heterocycles. The number of nitrogens with zero attached hydrogens (tertiary/aromatic N) is 3. The lowest BCUT2D eigenvalue weighted by Gasteiger charge is -2.17. The first-order valence-corrected chi connectivity index (χ1v) is 10.3. The van der Waals surface area contributed by atoms with Crippen molar-refractivity contribution in [1.29, 1.82) is 0 Å². The Labute approximate surface area is 185 Å². The van der Waals surface area contributed by atoms with E-state index in [4.69, 9.17) is 4.74 Å². The summed E-state index contributed by atoms with van der Waals surface area (Å²) in [5, 5.41) is 16.6. The quantitative estimate of drug-likeness (QED) is 0.524. The van der Waals surface area contributed by atoms with E-state index in [0.717, 1.165) is 29.7 Å². The van der Waals surface area contributed by atoms with E-state index in [-0.39, 0.29) is 23.3 Å². The molecule has 0 aliphatic heterocycles. The minimum Gasteiger partial charge on any atom is -0.494 e. The second-order valence-electron chi connectivity index (χ2n) is 7.53. The van der Waals surface area contributed by atoms with Gasteiger partial charge in [0.25, 0.3) is 5.91 Å². The van der Waals surface area contributed by atoms with Crippen molar-refractivity contribution in [2.75, 3.05) is 24.8 Å². The number of anilines is 3. The second-order valence-corrected chi connectivity index (χ2v) is 7.53. The number of pyridine rings is 1. The van der Waals surface area contributed by atoms with Gasteiger partial charge in [-0.05, 0) is 31.9 Å². The monoisotopic (exact) mass is 432 g/mol.